The van der Waals surface area contributed by atoms with Gasteiger partial charge in [0, 0.05) is 29.4 Å². The SMILES string of the molecule is Cc1ccc2nc(CCCl)n(CCc3ccc(Cl)s3)c2n1. The van der Waals surface area contributed by atoms with Gasteiger partial charge in [0.1, 0.15) is 11.3 Å². The van der Waals surface area contributed by atoms with E-state index in [1.54, 1.807) is 11.3 Å². The average Bonchev–Trinajstić information content (AvgIpc) is 3.01. The minimum atomic E-state index is 0.563. The van der Waals surface area contributed by atoms with E-state index >= 15 is 0 Å². The Kier molecular flexibility index (Phi) is 4.48. The lowest BCUT2D eigenvalue weighted by Gasteiger charge is -2.07. The Morgan fingerprint density at radius 2 is 2.00 bits per heavy atom. The van der Waals surface area contributed by atoms with Gasteiger partial charge < -0.3 is 4.57 Å². The van der Waals surface area contributed by atoms with Gasteiger partial charge in [-0.15, -0.1) is 22.9 Å². The quantitative estimate of drug-likeness (QED) is 0.641. The number of aryl methyl sites for hydroxylation is 4. The molecule has 0 N–H and O–H groups in total. The van der Waals surface area contributed by atoms with Gasteiger partial charge in [0.15, 0.2) is 5.65 Å². The molecule has 3 aromatic heterocycles. The fourth-order valence-electron chi connectivity index (χ4n) is 2.36. The van der Waals surface area contributed by atoms with Gasteiger partial charge in [-0.25, -0.2) is 9.97 Å². The second-order valence-corrected chi connectivity index (χ2v) is 7.05. The highest BCUT2D eigenvalue weighted by Gasteiger charge is 2.12. The van der Waals surface area contributed by atoms with Crippen LogP contribution in [-0.2, 0) is 19.4 Å². The number of fused-ring (bicyclic) bond motifs is 1. The number of rotatable bonds is 5. The van der Waals surface area contributed by atoms with Crippen molar-refractivity contribution in [2.75, 3.05) is 5.88 Å². The van der Waals surface area contributed by atoms with Crippen LogP contribution in [0.2, 0.25) is 4.34 Å². The summed E-state index contributed by atoms with van der Waals surface area (Å²) in [6, 6.07) is 8.03. The number of aromatic nitrogens is 3. The van der Waals surface area contributed by atoms with Gasteiger partial charge in [-0.1, -0.05) is 11.6 Å². The smallest absolute Gasteiger partial charge is 0.160 e. The van der Waals surface area contributed by atoms with E-state index in [1.165, 1.54) is 4.88 Å². The molecule has 0 unspecified atom stereocenters. The van der Waals surface area contributed by atoms with Crippen LogP contribution in [0.1, 0.15) is 16.4 Å². The Morgan fingerprint density at radius 1 is 1.14 bits per heavy atom. The van der Waals surface area contributed by atoms with E-state index in [2.05, 4.69) is 20.6 Å². The molecule has 21 heavy (non-hydrogen) atoms. The highest BCUT2D eigenvalue weighted by molar-refractivity contribution is 7.16. The third-order valence-corrected chi connectivity index (χ3v) is 4.82. The lowest BCUT2D eigenvalue weighted by molar-refractivity contribution is 0.674. The molecule has 0 saturated heterocycles. The Bertz CT molecular complexity index is 763. The number of nitrogens with zero attached hydrogens (tertiary/aromatic N) is 3. The van der Waals surface area contributed by atoms with E-state index in [4.69, 9.17) is 23.2 Å². The Hall–Kier alpha value is -1.10. The van der Waals surface area contributed by atoms with Crippen LogP contribution in [0.4, 0.5) is 0 Å². The van der Waals surface area contributed by atoms with Gasteiger partial charge in [0.05, 0.1) is 4.34 Å². The predicted molar refractivity (Wildman–Crippen MR) is 89.7 cm³/mol. The first-order valence-electron chi connectivity index (χ1n) is 6.80. The molecule has 6 heteroatoms. The molecule has 0 atom stereocenters. The summed E-state index contributed by atoms with van der Waals surface area (Å²) >= 11 is 13.5. The Labute approximate surface area is 137 Å². The molecule has 0 fully saturated rings. The molecular formula is C15H15Cl2N3S. The summed E-state index contributed by atoms with van der Waals surface area (Å²) in [7, 11) is 0. The first kappa shape index (κ1) is 14.8. The third kappa shape index (κ3) is 3.23. The molecule has 0 spiro atoms. The van der Waals surface area contributed by atoms with Crippen LogP contribution >= 0.6 is 34.5 Å². The van der Waals surface area contributed by atoms with E-state index in [-0.39, 0.29) is 0 Å². The van der Waals surface area contributed by atoms with Crippen molar-refractivity contribution >= 4 is 45.7 Å². The maximum atomic E-state index is 5.99. The Balaban J connectivity index is 1.94. The van der Waals surface area contributed by atoms with Gasteiger partial charge in [-0.05, 0) is 37.6 Å². The lowest BCUT2D eigenvalue weighted by Crippen LogP contribution is -2.07. The van der Waals surface area contributed by atoms with Crippen molar-refractivity contribution in [2.24, 2.45) is 0 Å². The maximum absolute atomic E-state index is 5.99. The predicted octanol–water partition coefficient (Wildman–Crippen LogP) is 4.48. The van der Waals surface area contributed by atoms with Crippen molar-refractivity contribution in [3.05, 3.63) is 45.0 Å². The van der Waals surface area contributed by atoms with E-state index in [0.29, 0.717) is 5.88 Å². The third-order valence-electron chi connectivity index (χ3n) is 3.34. The van der Waals surface area contributed by atoms with Crippen molar-refractivity contribution in [1.29, 1.82) is 0 Å². The molecule has 3 nitrogen and oxygen atoms in total. The molecular weight excluding hydrogens is 325 g/mol. The standard InChI is InChI=1S/C15H15Cl2N3S/c1-10-2-4-12-15(18-10)20(14(19-12)6-8-16)9-7-11-3-5-13(17)21-11/h2-5H,6-9H2,1H3. The van der Waals surface area contributed by atoms with Crippen LogP contribution < -0.4 is 0 Å². The van der Waals surface area contributed by atoms with E-state index < -0.39 is 0 Å². The van der Waals surface area contributed by atoms with Crippen molar-refractivity contribution in [1.82, 2.24) is 14.5 Å². The molecule has 0 aliphatic rings. The number of imidazole rings is 1. The number of pyridine rings is 1. The summed E-state index contributed by atoms with van der Waals surface area (Å²) in [5.74, 6) is 1.56. The van der Waals surface area contributed by atoms with Crippen LogP contribution in [0.15, 0.2) is 24.3 Å². The van der Waals surface area contributed by atoms with Crippen LogP contribution in [0, 0.1) is 6.92 Å². The minimum Gasteiger partial charge on any atom is -0.312 e. The molecule has 0 bridgehead atoms. The summed E-state index contributed by atoms with van der Waals surface area (Å²) in [6.07, 6.45) is 1.68. The second kappa shape index (κ2) is 6.34. The zero-order valence-corrected chi connectivity index (χ0v) is 14.0. The molecule has 0 aliphatic carbocycles. The summed E-state index contributed by atoms with van der Waals surface area (Å²) in [5.41, 5.74) is 2.88. The topological polar surface area (TPSA) is 30.7 Å². The van der Waals surface area contributed by atoms with Crippen LogP contribution in [0.5, 0.6) is 0 Å². The van der Waals surface area contributed by atoms with Crippen molar-refractivity contribution in [2.45, 2.75) is 26.3 Å². The number of alkyl halides is 1. The molecule has 3 aromatic rings. The first-order valence-corrected chi connectivity index (χ1v) is 8.53. The maximum Gasteiger partial charge on any atom is 0.160 e. The highest BCUT2D eigenvalue weighted by Crippen LogP contribution is 2.23. The number of halogens is 2. The van der Waals surface area contributed by atoms with Gasteiger partial charge in [-0.2, -0.15) is 0 Å². The van der Waals surface area contributed by atoms with Crippen LogP contribution in [0.3, 0.4) is 0 Å². The first-order chi connectivity index (χ1) is 10.2. The van der Waals surface area contributed by atoms with Crippen molar-refractivity contribution in [3.8, 4) is 0 Å². The number of hydrogen-bond donors (Lipinski definition) is 0. The molecule has 0 aromatic carbocycles. The molecule has 0 aliphatic heterocycles. The fraction of sp³-hybridized carbons (Fsp3) is 0.333. The zero-order chi connectivity index (χ0) is 14.8. The van der Waals surface area contributed by atoms with E-state index in [0.717, 1.165) is 46.4 Å². The highest BCUT2D eigenvalue weighted by atomic mass is 35.5. The lowest BCUT2D eigenvalue weighted by atomic mass is 10.3. The molecule has 0 radical (unpaired) electrons. The molecule has 0 amide bonds. The van der Waals surface area contributed by atoms with Gasteiger partial charge in [-0.3, -0.25) is 0 Å². The minimum absolute atomic E-state index is 0.563. The zero-order valence-electron chi connectivity index (χ0n) is 11.6. The fourth-order valence-corrected chi connectivity index (χ4v) is 3.61. The van der Waals surface area contributed by atoms with Crippen LogP contribution in [0.25, 0.3) is 11.2 Å². The largest absolute Gasteiger partial charge is 0.312 e. The summed E-state index contributed by atoms with van der Waals surface area (Å²) < 4.78 is 3.01. The summed E-state index contributed by atoms with van der Waals surface area (Å²) in [5, 5.41) is 0. The average molecular weight is 340 g/mol. The second-order valence-electron chi connectivity index (χ2n) is 4.87. The monoisotopic (exact) mass is 339 g/mol. The van der Waals surface area contributed by atoms with Gasteiger partial charge in [0.2, 0.25) is 0 Å². The van der Waals surface area contributed by atoms with Crippen molar-refractivity contribution in [3.63, 3.8) is 0 Å². The molecule has 0 saturated carbocycles. The van der Waals surface area contributed by atoms with E-state index in [1.807, 2.05) is 25.1 Å². The number of hydrogen-bond acceptors (Lipinski definition) is 3. The normalized spacial score (nSPS) is 11.4. The summed E-state index contributed by atoms with van der Waals surface area (Å²) in [4.78, 5) is 10.6. The molecule has 3 rings (SSSR count). The molecule has 110 valence electrons. The van der Waals surface area contributed by atoms with Gasteiger partial charge in [0.25, 0.3) is 0 Å². The van der Waals surface area contributed by atoms with Gasteiger partial charge >= 0.3 is 0 Å². The van der Waals surface area contributed by atoms with Crippen LogP contribution in [-0.4, -0.2) is 20.4 Å². The van der Waals surface area contributed by atoms with E-state index in [9.17, 15) is 0 Å². The van der Waals surface area contributed by atoms with Crippen molar-refractivity contribution < 1.29 is 0 Å². The number of thiophene rings is 1. The Morgan fingerprint density at radius 3 is 2.71 bits per heavy atom. The summed E-state index contributed by atoms with van der Waals surface area (Å²) in [6.45, 7) is 2.84. The molecule has 3 heterocycles.